The number of fused-ring (bicyclic) bond motifs is 1. The summed E-state index contributed by atoms with van der Waals surface area (Å²) in [5.41, 5.74) is 3.51. The first-order valence-corrected chi connectivity index (χ1v) is 8.93. The molecule has 1 aromatic carbocycles. The van der Waals surface area contributed by atoms with Crippen molar-refractivity contribution in [3.63, 3.8) is 0 Å². The zero-order valence-corrected chi connectivity index (χ0v) is 15.7. The first-order chi connectivity index (χ1) is 13.0. The Kier molecular flexibility index (Phi) is 4.55. The summed E-state index contributed by atoms with van der Waals surface area (Å²) in [7, 11) is 1.87. The van der Waals surface area contributed by atoms with Crippen molar-refractivity contribution in [2.75, 3.05) is 11.9 Å². The normalized spacial score (nSPS) is 12.4. The van der Waals surface area contributed by atoms with E-state index in [2.05, 4.69) is 15.4 Å². The third kappa shape index (κ3) is 3.39. The molecule has 3 heterocycles. The number of hydrogen-bond donors (Lipinski definition) is 2. The van der Waals surface area contributed by atoms with Crippen LogP contribution in [0.15, 0.2) is 49.1 Å². The van der Waals surface area contributed by atoms with Crippen LogP contribution in [0.1, 0.15) is 6.92 Å². The molecule has 1 atom stereocenters. The highest BCUT2D eigenvalue weighted by molar-refractivity contribution is 6.30. The van der Waals surface area contributed by atoms with Gasteiger partial charge in [-0.3, -0.25) is 9.08 Å². The molecule has 138 valence electrons. The van der Waals surface area contributed by atoms with Crippen molar-refractivity contribution < 1.29 is 5.11 Å². The third-order valence-corrected chi connectivity index (χ3v) is 4.54. The van der Waals surface area contributed by atoms with Gasteiger partial charge in [-0.1, -0.05) is 23.7 Å². The van der Waals surface area contributed by atoms with E-state index >= 15 is 0 Å². The summed E-state index contributed by atoms with van der Waals surface area (Å²) in [5.74, 6) is 1.43. The van der Waals surface area contributed by atoms with Gasteiger partial charge < -0.3 is 10.4 Å². The van der Waals surface area contributed by atoms with Crippen LogP contribution in [0.5, 0.6) is 0 Å². The standard InChI is InChI=1S/C19H19ClN6O/c1-12(10-27)23-18-17-7-16(13-3-5-15(20)6-4-13)24-19(26(17)11-21-18)14-8-22-25(2)9-14/h3-9,11-12,23,27H,10H2,1-2H3/t12-/m0/s1. The summed E-state index contributed by atoms with van der Waals surface area (Å²) in [4.78, 5) is 9.32. The van der Waals surface area contributed by atoms with Crippen molar-refractivity contribution in [3.8, 4) is 22.6 Å². The highest BCUT2D eigenvalue weighted by atomic mass is 35.5. The smallest absolute Gasteiger partial charge is 0.152 e. The lowest BCUT2D eigenvalue weighted by molar-refractivity contribution is 0.281. The fraction of sp³-hybridized carbons (Fsp3) is 0.211. The molecule has 0 saturated carbocycles. The van der Waals surface area contributed by atoms with E-state index in [9.17, 15) is 5.11 Å². The molecule has 0 spiro atoms. The summed E-state index contributed by atoms with van der Waals surface area (Å²) in [6.07, 6.45) is 5.41. The number of hydrogen-bond acceptors (Lipinski definition) is 5. The molecule has 4 rings (SSSR count). The van der Waals surface area contributed by atoms with Crippen LogP contribution in [0.3, 0.4) is 0 Å². The molecule has 0 aliphatic rings. The van der Waals surface area contributed by atoms with Crippen LogP contribution in [0.25, 0.3) is 28.2 Å². The molecule has 27 heavy (non-hydrogen) atoms. The lowest BCUT2D eigenvalue weighted by Crippen LogP contribution is -2.19. The third-order valence-electron chi connectivity index (χ3n) is 4.29. The van der Waals surface area contributed by atoms with E-state index in [0.717, 1.165) is 28.2 Å². The van der Waals surface area contributed by atoms with Crippen molar-refractivity contribution in [1.82, 2.24) is 24.1 Å². The molecule has 3 aromatic heterocycles. The van der Waals surface area contributed by atoms with E-state index in [1.54, 1.807) is 17.2 Å². The largest absolute Gasteiger partial charge is 0.394 e. The number of nitrogens with one attached hydrogen (secondary N) is 1. The van der Waals surface area contributed by atoms with Gasteiger partial charge in [-0.25, -0.2) is 9.97 Å². The summed E-state index contributed by atoms with van der Waals surface area (Å²) in [5, 5.41) is 17.5. The van der Waals surface area contributed by atoms with Crippen LogP contribution in [0.2, 0.25) is 5.02 Å². The van der Waals surface area contributed by atoms with E-state index in [1.165, 1.54) is 0 Å². The van der Waals surface area contributed by atoms with Crippen molar-refractivity contribution in [1.29, 1.82) is 0 Å². The highest BCUT2D eigenvalue weighted by Crippen LogP contribution is 2.29. The minimum absolute atomic E-state index is 0.0175. The number of imidazole rings is 1. The Balaban J connectivity index is 1.93. The van der Waals surface area contributed by atoms with Crippen LogP contribution in [0, 0.1) is 0 Å². The molecule has 0 saturated heterocycles. The Labute approximate surface area is 161 Å². The first kappa shape index (κ1) is 17.5. The van der Waals surface area contributed by atoms with Gasteiger partial charge in [0.05, 0.1) is 29.6 Å². The number of aryl methyl sites for hydroxylation is 1. The highest BCUT2D eigenvalue weighted by Gasteiger charge is 2.16. The number of anilines is 1. The minimum atomic E-state index is -0.113. The Morgan fingerprint density at radius 3 is 2.67 bits per heavy atom. The summed E-state index contributed by atoms with van der Waals surface area (Å²) in [6, 6.07) is 9.42. The van der Waals surface area contributed by atoms with Crippen LogP contribution in [-0.2, 0) is 7.05 Å². The molecule has 0 aliphatic heterocycles. The Bertz CT molecular complexity index is 1090. The second-order valence-corrected chi connectivity index (χ2v) is 6.89. The number of aliphatic hydroxyl groups excluding tert-OH is 1. The van der Waals surface area contributed by atoms with Crippen molar-refractivity contribution in [3.05, 3.63) is 54.1 Å². The molecule has 7 nitrogen and oxygen atoms in total. The van der Waals surface area contributed by atoms with E-state index in [-0.39, 0.29) is 12.6 Å². The van der Waals surface area contributed by atoms with Crippen LogP contribution < -0.4 is 5.32 Å². The molecule has 0 amide bonds. The predicted molar refractivity (Wildman–Crippen MR) is 106 cm³/mol. The maximum atomic E-state index is 9.37. The predicted octanol–water partition coefficient (Wildman–Crippen LogP) is 3.24. The van der Waals surface area contributed by atoms with Gasteiger partial charge >= 0.3 is 0 Å². The number of aromatic nitrogens is 5. The maximum absolute atomic E-state index is 9.37. The van der Waals surface area contributed by atoms with E-state index < -0.39 is 0 Å². The molecular weight excluding hydrogens is 364 g/mol. The lowest BCUT2D eigenvalue weighted by Gasteiger charge is -2.12. The average Bonchev–Trinajstić information content (AvgIpc) is 3.28. The van der Waals surface area contributed by atoms with Crippen LogP contribution in [0.4, 0.5) is 5.82 Å². The molecular formula is C19H19ClN6O. The number of benzene rings is 1. The molecule has 8 heteroatoms. The molecule has 0 radical (unpaired) electrons. The van der Waals surface area contributed by atoms with Crippen molar-refractivity contribution >= 4 is 22.9 Å². The number of aliphatic hydroxyl groups is 1. The molecule has 2 N–H and O–H groups in total. The molecule has 0 fully saturated rings. The number of halogens is 1. The van der Waals surface area contributed by atoms with E-state index in [0.29, 0.717) is 10.8 Å². The summed E-state index contributed by atoms with van der Waals surface area (Å²) in [6.45, 7) is 1.91. The lowest BCUT2D eigenvalue weighted by atomic mass is 10.1. The maximum Gasteiger partial charge on any atom is 0.152 e. The molecule has 0 bridgehead atoms. The Hall–Kier alpha value is -2.90. The fourth-order valence-corrected chi connectivity index (χ4v) is 3.02. The van der Waals surface area contributed by atoms with Gasteiger partial charge in [0, 0.05) is 29.9 Å². The SMILES string of the molecule is C[C@@H](CO)Nc1ncn2c(-c3cnn(C)c3)nc(-c3ccc(Cl)cc3)cc12. The van der Waals surface area contributed by atoms with Gasteiger partial charge in [0.15, 0.2) is 5.82 Å². The minimum Gasteiger partial charge on any atom is -0.394 e. The van der Waals surface area contributed by atoms with Crippen molar-refractivity contribution in [2.45, 2.75) is 13.0 Å². The average molecular weight is 383 g/mol. The van der Waals surface area contributed by atoms with Gasteiger partial charge in [0.25, 0.3) is 0 Å². The first-order valence-electron chi connectivity index (χ1n) is 8.55. The van der Waals surface area contributed by atoms with E-state index in [4.69, 9.17) is 16.6 Å². The second kappa shape index (κ2) is 7.02. The van der Waals surface area contributed by atoms with Crippen molar-refractivity contribution in [2.24, 2.45) is 7.05 Å². The second-order valence-electron chi connectivity index (χ2n) is 6.45. The molecule has 0 aliphatic carbocycles. The Morgan fingerprint density at radius 2 is 2.00 bits per heavy atom. The summed E-state index contributed by atoms with van der Waals surface area (Å²) >= 11 is 6.03. The zero-order valence-electron chi connectivity index (χ0n) is 15.0. The summed E-state index contributed by atoms with van der Waals surface area (Å²) < 4.78 is 3.66. The fourth-order valence-electron chi connectivity index (χ4n) is 2.89. The number of rotatable bonds is 5. The quantitative estimate of drug-likeness (QED) is 0.554. The Morgan fingerprint density at radius 1 is 1.22 bits per heavy atom. The van der Waals surface area contributed by atoms with Gasteiger partial charge in [-0.05, 0) is 25.1 Å². The van der Waals surface area contributed by atoms with Crippen LogP contribution >= 0.6 is 11.6 Å². The molecule has 0 unspecified atom stereocenters. The topological polar surface area (TPSA) is 80.3 Å². The van der Waals surface area contributed by atoms with Gasteiger partial charge in [-0.15, -0.1) is 0 Å². The van der Waals surface area contributed by atoms with Gasteiger partial charge in [0.1, 0.15) is 12.2 Å². The van der Waals surface area contributed by atoms with Crippen LogP contribution in [-0.4, -0.2) is 41.9 Å². The molecule has 4 aromatic rings. The van der Waals surface area contributed by atoms with Gasteiger partial charge in [-0.2, -0.15) is 5.10 Å². The number of nitrogens with zero attached hydrogens (tertiary/aromatic N) is 5. The monoisotopic (exact) mass is 382 g/mol. The van der Waals surface area contributed by atoms with E-state index in [1.807, 2.05) is 54.9 Å². The zero-order chi connectivity index (χ0) is 19.0. The van der Waals surface area contributed by atoms with Gasteiger partial charge in [0.2, 0.25) is 0 Å².